The molecule has 1 aliphatic carbocycles. The molecular weight excluding hydrogens is 299 g/mol. The summed E-state index contributed by atoms with van der Waals surface area (Å²) in [7, 11) is 0. The van der Waals surface area contributed by atoms with Crippen LogP contribution in [0.15, 0.2) is 24.3 Å². The predicted octanol–water partition coefficient (Wildman–Crippen LogP) is 1.86. The Balaban J connectivity index is 1.58. The SMILES string of the molecule is C[C@H](O)C[C@@H]1COCCN1C(=O)N[C@@H]1C[C@H]1c1ccccc1F. The lowest BCUT2D eigenvalue weighted by molar-refractivity contribution is -0.00439. The zero-order chi connectivity index (χ0) is 16.4. The van der Waals surface area contributed by atoms with Gasteiger partial charge in [0.2, 0.25) is 0 Å². The lowest BCUT2D eigenvalue weighted by Gasteiger charge is -2.36. The number of urea groups is 1. The topological polar surface area (TPSA) is 61.8 Å². The number of amides is 2. The third-order valence-corrected chi connectivity index (χ3v) is 4.51. The van der Waals surface area contributed by atoms with Crippen LogP contribution in [0.25, 0.3) is 0 Å². The molecule has 0 bridgehead atoms. The van der Waals surface area contributed by atoms with Gasteiger partial charge in [0.05, 0.1) is 25.4 Å². The second kappa shape index (κ2) is 6.84. The summed E-state index contributed by atoms with van der Waals surface area (Å²) >= 11 is 0. The van der Waals surface area contributed by atoms with Crippen molar-refractivity contribution in [2.75, 3.05) is 19.8 Å². The number of carbonyl (C=O) groups is 1. The summed E-state index contributed by atoms with van der Waals surface area (Å²) in [5.74, 6) is -0.163. The summed E-state index contributed by atoms with van der Waals surface area (Å²) in [6, 6.07) is 6.43. The predicted molar refractivity (Wildman–Crippen MR) is 83.7 cm³/mol. The molecule has 6 heteroatoms. The number of ether oxygens (including phenoxy) is 1. The molecule has 2 aliphatic rings. The first-order chi connectivity index (χ1) is 11.1. The fourth-order valence-corrected chi connectivity index (χ4v) is 3.23. The number of morpholine rings is 1. The largest absolute Gasteiger partial charge is 0.393 e. The van der Waals surface area contributed by atoms with Crippen LogP contribution < -0.4 is 5.32 Å². The van der Waals surface area contributed by atoms with Crippen molar-refractivity contribution in [2.24, 2.45) is 0 Å². The Labute approximate surface area is 135 Å². The number of rotatable bonds is 4. The van der Waals surface area contributed by atoms with Crippen molar-refractivity contribution in [3.63, 3.8) is 0 Å². The molecule has 2 amide bonds. The Morgan fingerprint density at radius 2 is 2.30 bits per heavy atom. The highest BCUT2D eigenvalue weighted by Gasteiger charge is 2.42. The standard InChI is InChI=1S/C17H23FN2O3/c1-11(21)8-12-10-23-7-6-20(12)17(22)19-16-9-14(16)13-4-2-3-5-15(13)18/h2-5,11-12,14,16,21H,6-10H2,1H3,(H,19,22)/t11-,12+,14-,16+/m0/s1. The minimum atomic E-state index is -0.482. The van der Waals surface area contributed by atoms with Crippen LogP contribution in [0.4, 0.5) is 9.18 Å². The average molecular weight is 322 g/mol. The van der Waals surface area contributed by atoms with E-state index in [0.717, 1.165) is 6.42 Å². The smallest absolute Gasteiger partial charge is 0.318 e. The molecule has 23 heavy (non-hydrogen) atoms. The monoisotopic (exact) mass is 322 g/mol. The molecule has 126 valence electrons. The van der Waals surface area contributed by atoms with E-state index in [1.807, 2.05) is 6.07 Å². The molecule has 1 saturated carbocycles. The number of hydrogen-bond donors (Lipinski definition) is 2. The molecule has 1 aromatic rings. The average Bonchev–Trinajstić information content (AvgIpc) is 3.26. The highest BCUT2D eigenvalue weighted by atomic mass is 19.1. The van der Waals surface area contributed by atoms with E-state index < -0.39 is 6.10 Å². The summed E-state index contributed by atoms with van der Waals surface area (Å²) < 4.78 is 19.2. The molecule has 2 N–H and O–H groups in total. The molecule has 0 unspecified atom stereocenters. The van der Waals surface area contributed by atoms with Gasteiger partial charge in [0.1, 0.15) is 5.82 Å². The molecule has 0 aromatic heterocycles. The van der Waals surface area contributed by atoms with Gasteiger partial charge in [0.15, 0.2) is 0 Å². The van der Waals surface area contributed by atoms with Crippen LogP contribution in [-0.4, -0.2) is 54.0 Å². The molecule has 1 heterocycles. The van der Waals surface area contributed by atoms with E-state index in [0.29, 0.717) is 31.7 Å². The van der Waals surface area contributed by atoms with Gasteiger partial charge in [0, 0.05) is 18.5 Å². The quantitative estimate of drug-likeness (QED) is 0.889. The van der Waals surface area contributed by atoms with Crippen LogP contribution in [-0.2, 0) is 4.74 Å². The highest BCUT2D eigenvalue weighted by molar-refractivity contribution is 5.75. The Morgan fingerprint density at radius 3 is 3.04 bits per heavy atom. The molecule has 5 nitrogen and oxygen atoms in total. The normalized spacial score (nSPS) is 28.3. The third-order valence-electron chi connectivity index (χ3n) is 4.51. The molecule has 2 fully saturated rings. The van der Waals surface area contributed by atoms with E-state index in [1.54, 1.807) is 24.0 Å². The van der Waals surface area contributed by atoms with Crippen LogP contribution in [0, 0.1) is 5.82 Å². The van der Waals surface area contributed by atoms with Crippen molar-refractivity contribution >= 4 is 6.03 Å². The van der Waals surface area contributed by atoms with Crippen molar-refractivity contribution in [1.82, 2.24) is 10.2 Å². The maximum Gasteiger partial charge on any atom is 0.318 e. The van der Waals surface area contributed by atoms with Gasteiger partial charge < -0.3 is 20.1 Å². The van der Waals surface area contributed by atoms with Crippen molar-refractivity contribution < 1.29 is 19.0 Å². The second-order valence-corrected chi connectivity index (χ2v) is 6.43. The van der Waals surface area contributed by atoms with E-state index >= 15 is 0 Å². The molecule has 0 radical (unpaired) electrons. The number of benzene rings is 1. The Hall–Kier alpha value is -1.66. The summed E-state index contributed by atoms with van der Waals surface area (Å²) in [4.78, 5) is 14.2. The van der Waals surface area contributed by atoms with Crippen LogP contribution in [0.3, 0.4) is 0 Å². The van der Waals surface area contributed by atoms with Gasteiger partial charge in [-0.25, -0.2) is 9.18 Å². The zero-order valence-corrected chi connectivity index (χ0v) is 13.2. The summed E-state index contributed by atoms with van der Waals surface area (Å²) in [6.45, 7) is 3.17. The Kier molecular flexibility index (Phi) is 4.82. The van der Waals surface area contributed by atoms with Crippen LogP contribution in [0.5, 0.6) is 0 Å². The molecule has 4 atom stereocenters. The minimum absolute atomic E-state index is 0.0190. The Morgan fingerprint density at radius 1 is 1.52 bits per heavy atom. The van der Waals surface area contributed by atoms with Gasteiger partial charge in [-0.15, -0.1) is 0 Å². The van der Waals surface area contributed by atoms with Gasteiger partial charge in [0.25, 0.3) is 0 Å². The van der Waals surface area contributed by atoms with E-state index in [9.17, 15) is 14.3 Å². The molecule has 1 aromatic carbocycles. The fourth-order valence-electron chi connectivity index (χ4n) is 3.23. The first-order valence-corrected chi connectivity index (χ1v) is 8.13. The van der Waals surface area contributed by atoms with Gasteiger partial charge >= 0.3 is 6.03 Å². The molecule has 0 spiro atoms. The van der Waals surface area contributed by atoms with Crippen molar-refractivity contribution in [1.29, 1.82) is 0 Å². The number of nitrogens with zero attached hydrogens (tertiary/aromatic N) is 1. The van der Waals surface area contributed by atoms with E-state index in [2.05, 4.69) is 5.32 Å². The van der Waals surface area contributed by atoms with Gasteiger partial charge in [-0.05, 0) is 31.4 Å². The molecule has 1 aliphatic heterocycles. The number of carbonyl (C=O) groups excluding carboxylic acids is 1. The summed E-state index contributed by atoms with van der Waals surface area (Å²) in [6.07, 6.45) is 0.775. The third kappa shape index (κ3) is 3.82. The maximum atomic E-state index is 13.8. The first kappa shape index (κ1) is 16.2. The second-order valence-electron chi connectivity index (χ2n) is 6.43. The first-order valence-electron chi connectivity index (χ1n) is 8.13. The maximum absolute atomic E-state index is 13.8. The summed E-state index contributed by atoms with van der Waals surface area (Å²) in [5.41, 5.74) is 0.667. The van der Waals surface area contributed by atoms with Crippen LogP contribution in [0.2, 0.25) is 0 Å². The van der Waals surface area contributed by atoms with Crippen LogP contribution in [0.1, 0.15) is 31.2 Å². The van der Waals surface area contributed by atoms with E-state index in [-0.39, 0.29) is 29.8 Å². The fraction of sp³-hybridized carbons (Fsp3) is 0.588. The number of hydrogen-bond acceptors (Lipinski definition) is 3. The molecular formula is C17H23FN2O3. The van der Waals surface area contributed by atoms with Crippen LogP contribution >= 0.6 is 0 Å². The lowest BCUT2D eigenvalue weighted by Crippen LogP contribution is -2.53. The summed E-state index contributed by atoms with van der Waals surface area (Å²) in [5, 5.41) is 12.5. The lowest BCUT2D eigenvalue weighted by atomic mass is 10.1. The number of nitrogens with one attached hydrogen (secondary N) is 1. The number of halogens is 1. The number of aliphatic hydroxyl groups is 1. The van der Waals surface area contributed by atoms with E-state index in [1.165, 1.54) is 6.07 Å². The number of aliphatic hydroxyl groups excluding tert-OH is 1. The van der Waals surface area contributed by atoms with E-state index in [4.69, 9.17) is 4.74 Å². The minimum Gasteiger partial charge on any atom is -0.393 e. The molecule has 1 saturated heterocycles. The van der Waals surface area contributed by atoms with Gasteiger partial charge in [-0.3, -0.25) is 0 Å². The molecule has 3 rings (SSSR count). The van der Waals surface area contributed by atoms with Gasteiger partial charge in [-0.1, -0.05) is 18.2 Å². The Bertz CT molecular complexity index is 567. The zero-order valence-electron chi connectivity index (χ0n) is 13.2. The van der Waals surface area contributed by atoms with Crippen molar-refractivity contribution in [3.05, 3.63) is 35.6 Å². The van der Waals surface area contributed by atoms with Crippen molar-refractivity contribution in [2.45, 2.75) is 43.9 Å². The van der Waals surface area contributed by atoms with Gasteiger partial charge in [-0.2, -0.15) is 0 Å². The highest BCUT2D eigenvalue weighted by Crippen LogP contribution is 2.41. The van der Waals surface area contributed by atoms with Crippen molar-refractivity contribution in [3.8, 4) is 0 Å².